The molecule has 0 fully saturated rings. The summed E-state index contributed by atoms with van der Waals surface area (Å²) in [7, 11) is 1.62. The van der Waals surface area contributed by atoms with Gasteiger partial charge in [-0.2, -0.15) is 11.3 Å². The third kappa shape index (κ3) is 4.93. The Hall–Kier alpha value is -1.72. The van der Waals surface area contributed by atoms with Gasteiger partial charge in [-0.15, -0.1) is 0 Å². The lowest BCUT2D eigenvalue weighted by Gasteiger charge is -2.22. The van der Waals surface area contributed by atoms with Crippen molar-refractivity contribution in [3.63, 3.8) is 0 Å². The lowest BCUT2D eigenvalue weighted by atomic mass is 10.1. The highest BCUT2D eigenvalue weighted by molar-refractivity contribution is 7.07. The first-order chi connectivity index (χ1) is 10.7. The van der Waals surface area contributed by atoms with Crippen LogP contribution in [0.2, 0.25) is 0 Å². The van der Waals surface area contributed by atoms with Gasteiger partial charge in [-0.1, -0.05) is 18.2 Å². The number of halogens is 1. The number of ether oxygens (including phenoxy) is 1. The molecule has 0 spiro atoms. The highest BCUT2D eigenvalue weighted by Gasteiger charge is 2.15. The molecule has 22 heavy (non-hydrogen) atoms. The predicted octanol–water partition coefficient (Wildman–Crippen LogP) is 3.50. The van der Waals surface area contributed by atoms with E-state index in [2.05, 4.69) is 0 Å². The Kier molecular flexibility index (Phi) is 6.55. The number of aryl methyl sites for hydroxylation is 1. The van der Waals surface area contributed by atoms with Gasteiger partial charge in [0, 0.05) is 26.6 Å². The van der Waals surface area contributed by atoms with Crippen molar-refractivity contribution in [3.05, 3.63) is 58.0 Å². The number of rotatable bonds is 8. The molecule has 1 aromatic carbocycles. The first-order valence-corrected chi connectivity index (χ1v) is 8.16. The summed E-state index contributed by atoms with van der Waals surface area (Å²) in [6.45, 7) is 1.61. The second-order valence-electron chi connectivity index (χ2n) is 5.03. The Morgan fingerprint density at radius 3 is 2.82 bits per heavy atom. The minimum Gasteiger partial charge on any atom is -0.383 e. The summed E-state index contributed by atoms with van der Waals surface area (Å²) >= 11 is 1.61. The van der Waals surface area contributed by atoms with Gasteiger partial charge in [0.25, 0.3) is 0 Å². The fraction of sp³-hybridized carbons (Fsp3) is 0.353. The molecular formula is C17H20FNO2S. The van der Waals surface area contributed by atoms with Gasteiger partial charge in [0.05, 0.1) is 6.61 Å². The van der Waals surface area contributed by atoms with Crippen molar-refractivity contribution in [3.8, 4) is 0 Å². The highest BCUT2D eigenvalue weighted by Crippen LogP contribution is 2.13. The van der Waals surface area contributed by atoms with Gasteiger partial charge < -0.3 is 9.64 Å². The number of benzene rings is 1. The standard InChI is InChI=1S/C17H20FNO2S/c1-21-10-9-19(12-14-8-11-22-13-14)17(20)7-6-15-4-2-3-5-16(15)18/h2-5,8,11,13H,6-7,9-10,12H2,1H3. The number of amides is 1. The van der Waals surface area contributed by atoms with Crippen LogP contribution >= 0.6 is 11.3 Å². The number of hydrogen-bond donors (Lipinski definition) is 0. The van der Waals surface area contributed by atoms with Crippen LogP contribution in [-0.2, 0) is 22.5 Å². The van der Waals surface area contributed by atoms with Gasteiger partial charge in [-0.05, 0) is 40.4 Å². The number of carbonyl (C=O) groups excluding carboxylic acids is 1. The van der Waals surface area contributed by atoms with E-state index >= 15 is 0 Å². The lowest BCUT2D eigenvalue weighted by molar-refractivity contribution is -0.132. The Morgan fingerprint density at radius 2 is 2.14 bits per heavy atom. The van der Waals surface area contributed by atoms with Crippen LogP contribution in [0.5, 0.6) is 0 Å². The van der Waals surface area contributed by atoms with E-state index in [1.54, 1.807) is 41.5 Å². The van der Waals surface area contributed by atoms with Crippen LogP contribution in [0.3, 0.4) is 0 Å². The molecule has 118 valence electrons. The molecular weight excluding hydrogens is 301 g/mol. The van der Waals surface area contributed by atoms with E-state index in [0.29, 0.717) is 38.1 Å². The first kappa shape index (κ1) is 16.6. The van der Waals surface area contributed by atoms with Gasteiger partial charge in [0.15, 0.2) is 0 Å². The molecule has 0 aliphatic heterocycles. The summed E-state index contributed by atoms with van der Waals surface area (Å²) in [5, 5.41) is 4.03. The van der Waals surface area contributed by atoms with Crippen LogP contribution in [0, 0.1) is 5.82 Å². The molecule has 0 aliphatic carbocycles. The molecule has 0 unspecified atom stereocenters. The van der Waals surface area contributed by atoms with Crippen molar-refractivity contribution < 1.29 is 13.9 Å². The van der Waals surface area contributed by atoms with Crippen molar-refractivity contribution in [1.82, 2.24) is 4.90 Å². The van der Waals surface area contributed by atoms with Gasteiger partial charge in [0.2, 0.25) is 5.91 Å². The Balaban J connectivity index is 1.94. The Bertz CT molecular complexity index is 586. The molecule has 2 rings (SSSR count). The lowest BCUT2D eigenvalue weighted by Crippen LogP contribution is -2.33. The van der Waals surface area contributed by atoms with E-state index in [0.717, 1.165) is 5.56 Å². The van der Waals surface area contributed by atoms with Crippen molar-refractivity contribution in [2.24, 2.45) is 0 Å². The number of methoxy groups -OCH3 is 1. The molecule has 5 heteroatoms. The third-order valence-electron chi connectivity index (χ3n) is 3.44. The normalized spacial score (nSPS) is 10.6. The number of hydrogen-bond acceptors (Lipinski definition) is 3. The van der Waals surface area contributed by atoms with Crippen molar-refractivity contribution >= 4 is 17.2 Å². The van der Waals surface area contributed by atoms with E-state index in [1.807, 2.05) is 16.8 Å². The van der Waals surface area contributed by atoms with Crippen LogP contribution < -0.4 is 0 Å². The zero-order valence-electron chi connectivity index (χ0n) is 12.6. The largest absolute Gasteiger partial charge is 0.383 e. The second-order valence-corrected chi connectivity index (χ2v) is 5.81. The van der Waals surface area contributed by atoms with Gasteiger partial charge in [-0.25, -0.2) is 4.39 Å². The fourth-order valence-corrected chi connectivity index (χ4v) is 2.86. The van der Waals surface area contributed by atoms with Crippen LogP contribution in [0.15, 0.2) is 41.1 Å². The van der Waals surface area contributed by atoms with Crippen LogP contribution in [0.1, 0.15) is 17.5 Å². The summed E-state index contributed by atoms with van der Waals surface area (Å²) in [6, 6.07) is 8.60. The quantitative estimate of drug-likeness (QED) is 0.745. The monoisotopic (exact) mass is 321 g/mol. The second kappa shape index (κ2) is 8.66. The third-order valence-corrected chi connectivity index (χ3v) is 4.17. The van der Waals surface area contributed by atoms with E-state index in [1.165, 1.54) is 6.07 Å². The summed E-state index contributed by atoms with van der Waals surface area (Å²) in [4.78, 5) is 14.2. The van der Waals surface area contributed by atoms with Crippen molar-refractivity contribution in [2.45, 2.75) is 19.4 Å². The minimum atomic E-state index is -0.253. The predicted molar refractivity (Wildman–Crippen MR) is 86.3 cm³/mol. The van der Waals surface area contributed by atoms with Crippen LogP contribution in [0.4, 0.5) is 4.39 Å². The zero-order valence-corrected chi connectivity index (χ0v) is 13.4. The molecule has 2 aromatic rings. The highest BCUT2D eigenvalue weighted by atomic mass is 32.1. The average Bonchev–Trinajstić information content (AvgIpc) is 3.03. The maximum atomic E-state index is 13.6. The number of thiophene rings is 1. The molecule has 1 heterocycles. The summed E-state index contributed by atoms with van der Waals surface area (Å²) < 4.78 is 18.7. The molecule has 1 aromatic heterocycles. The Morgan fingerprint density at radius 1 is 1.32 bits per heavy atom. The maximum Gasteiger partial charge on any atom is 0.223 e. The molecule has 0 aliphatic rings. The SMILES string of the molecule is COCCN(Cc1ccsc1)C(=O)CCc1ccccc1F. The summed E-state index contributed by atoms with van der Waals surface area (Å²) in [5.41, 5.74) is 1.69. The fourth-order valence-electron chi connectivity index (χ4n) is 2.20. The molecule has 0 saturated carbocycles. The molecule has 0 radical (unpaired) electrons. The Labute approximate surface area is 134 Å². The van der Waals surface area contributed by atoms with E-state index in [9.17, 15) is 9.18 Å². The first-order valence-electron chi connectivity index (χ1n) is 7.22. The van der Waals surface area contributed by atoms with Crippen molar-refractivity contribution in [1.29, 1.82) is 0 Å². The van der Waals surface area contributed by atoms with E-state index in [-0.39, 0.29) is 11.7 Å². The minimum absolute atomic E-state index is 0.0199. The average molecular weight is 321 g/mol. The van der Waals surface area contributed by atoms with Crippen molar-refractivity contribution in [2.75, 3.05) is 20.3 Å². The van der Waals surface area contributed by atoms with Gasteiger partial charge >= 0.3 is 0 Å². The van der Waals surface area contributed by atoms with Crippen LogP contribution in [0.25, 0.3) is 0 Å². The summed E-state index contributed by atoms with van der Waals surface area (Å²) in [6.07, 6.45) is 0.716. The molecule has 0 atom stereocenters. The summed E-state index contributed by atoms with van der Waals surface area (Å²) in [5.74, 6) is -0.233. The smallest absolute Gasteiger partial charge is 0.223 e. The topological polar surface area (TPSA) is 29.5 Å². The molecule has 3 nitrogen and oxygen atoms in total. The molecule has 1 amide bonds. The van der Waals surface area contributed by atoms with Gasteiger partial charge in [0.1, 0.15) is 5.82 Å². The maximum absolute atomic E-state index is 13.6. The van der Waals surface area contributed by atoms with Crippen LogP contribution in [-0.4, -0.2) is 31.1 Å². The number of carbonyl (C=O) groups is 1. The molecule has 0 saturated heterocycles. The zero-order chi connectivity index (χ0) is 15.8. The van der Waals surface area contributed by atoms with E-state index < -0.39 is 0 Å². The number of nitrogens with zero attached hydrogens (tertiary/aromatic N) is 1. The molecule has 0 bridgehead atoms. The molecule has 0 N–H and O–H groups in total. The van der Waals surface area contributed by atoms with Gasteiger partial charge in [-0.3, -0.25) is 4.79 Å². The van der Waals surface area contributed by atoms with E-state index in [4.69, 9.17) is 4.74 Å².